The predicted molar refractivity (Wildman–Crippen MR) is 76.1 cm³/mol. The molecule has 0 bridgehead atoms. The summed E-state index contributed by atoms with van der Waals surface area (Å²) in [6, 6.07) is 8.15. The molecular formula is C15H19N3O. The molecule has 4 heteroatoms. The average Bonchev–Trinajstić information content (AvgIpc) is 2.85. The Labute approximate surface area is 113 Å². The van der Waals surface area contributed by atoms with Crippen LogP contribution in [-0.2, 0) is 17.6 Å². The van der Waals surface area contributed by atoms with E-state index in [2.05, 4.69) is 34.6 Å². The van der Waals surface area contributed by atoms with Gasteiger partial charge in [-0.15, -0.1) is 0 Å². The molecule has 100 valence electrons. The lowest BCUT2D eigenvalue weighted by atomic mass is 10.0. The highest BCUT2D eigenvalue weighted by Gasteiger charge is 2.08. The Hall–Kier alpha value is -2.10. The number of aryl methyl sites for hydroxylation is 3. The summed E-state index contributed by atoms with van der Waals surface area (Å²) in [5.74, 6) is 0.736. The van der Waals surface area contributed by atoms with E-state index in [-0.39, 0.29) is 5.91 Å². The molecule has 0 aliphatic rings. The zero-order valence-corrected chi connectivity index (χ0v) is 11.4. The number of amides is 1. The first kappa shape index (κ1) is 13.3. The number of aromatic nitrogens is 2. The van der Waals surface area contributed by atoms with Crippen molar-refractivity contribution >= 4 is 11.7 Å². The highest BCUT2D eigenvalue weighted by molar-refractivity contribution is 5.90. The third kappa shape index (κ3) is 3.44. The fourth-order valence-electron chi connectivity index (χ4n) is 2.03. The molecule has 0 atom stereocenters. The van der Waals surface area contributed by atoms with Crippen molar-refractivity contribution in [2.45, 2.75) is 33.1 Å². The van der Waals surface area contributed by atoms with E-state index >= 15 is 0 Å². The number of carbonyl (C=O) groups excluding carboxylic acids is 1. The van der Waals surface area contributed by atoms with Crippen molar-refractivity contribution in [2.24, 2.45) is 0 Å². The largest absolute Gasteiger partial charge is 0.311 e. The molecule has 2 rings (SSSR count). The molecule has 19 heavy (non-hydrogen) atoms. The third-order valence-electron chi connectivity index (χ3n) is 3.25. The van der Waals surface area contributed by atoms with Crippen molar-refractivity contribution in [1.29, 1.82) is 0 Å². The Kier molecular flexibility index (Phi) is 4.34. The van der Waals surface area contributed by atoms with Crippen LogP contribution in [0.15, 0.2) is 30.5 Å². The van der Waals surface area contributed by atoms with E-state index in [1.165, 1.54) is 11.1 Å². The second kappa shape index (κ2) is 6.18. The maximum Gasteiger partial charge on any atom is 0.225 e. The molecular weight excluding hydrogens is 238 g/mol. The second-order valence-corrected chi connectivity index (χ2v) is 4.60. The number of nitrogens with zero attached hydrogens (tertiary/aromatic N) is 1. The van der Waals surface area contributed by atoms with Gasteiger partial charge in [0, 0.05) is 12.0 Å². The van der Waals surface area contributed by atoms with Gasteiger partial charge in [0.2, 0.25) is 5.91 Å². The molecule has 0 radical (unpaired) electrons. The number of anilines is 1. The summed E-state index contributed by atoms with van der Waals surface area (Å²) in [5, 5.41) is 9.63. The van der Waals surface area contributed by atoms with Gasteiger partial charge >= 0.3 is 0 Å². The van der Waals surface area contributed by atoms with Crippen molar-refractivity contribution in [3.05, 3.63) is 47.2 Å². The zero-order chi connectivity index (χ0) is 13.7. The molecule has 4 nitrogen and oxygen atoms in total. The number of nitrogens with one attached hydrogen (secondary N) is 2. The standard InChI is InChI=1S/C15H19N3O/c1-3-12-10-16-18-15(12)17-14(19)9-8-13-7-5-4-6-11(13)2/h4-7,10H,3,8-9H2,1-2H3,(H2,16,17,18,19). The summed E-state index contributed by atoms with van der Waals surface area (Å²) < 4.78 is 0. The molecule has 0 fully saturated rings. The Bertz CT molecular complexity index is 560. The van der Waals surface area contributed by atoms with E-state index < -0.39 is 0 Å². The van der Waals surface area contributed by atoms with Gasteiger partial charge in [-0.1, -0.05) is 31.2 Å². The highest BCUT2D eigenvalue weighted by atomic mass is 16.1. The summed E-state index contributed by atoms with van der Waals surface area (Å²) in [5.41, 5.74) is 3.48. The summed E-state index contributed by atoms with van der Waals surface area (Å²) in [7, 11) is 0. The van der Waals surface area contributed by atoms with Crippen molar-refractivity contribution < 1.29 is 4.79 Å². The lowest BCUT2D eigenvalue weighted by molar-refractivity contribution is -0.116. The minimum Gasteiger partial charge on any atom is -0.311 e. The van der Waals surface area contributed by atoms with Gasteiger partial charge in [0.25, 0.3) is 0 Å². The average molecular weight is 257 g/mol. The van der Waals surface area contributed by atoms with Crippen LogP contribution in [0.2, 0.25) is 0 Å². The third-order valence-corrected chi connectivity index (χ3v) is 3.25. The van der Waals surface area contributed by atoms with Gasteiger partial charge in [0.1, 0.15) is 5.82 Å². The molecule has 0 unspecified atom stereocenters. The maximum absolute atomic E-state index is 11.9. The van der Waals surface area contributed by atoms with Crippen molar-refractivity contribution in [3.8, 4) is 0 Å². The Morgan fingerprint density at radius 1 is 1.32 bits per heavy atom. The van der Waals surface area contributed by atoms with E-state index in [1.54, 1.807) is 6.20 Å². The summed E-state index contributed by atoms with van der Waals surface area (Å²) in [4.78, 5) is 11.9. The molecule has 0 aliphatic carbocycles. The number of carbonyl (C=O) groups is 1. The second-order valence-electron chi connectivity index (χ2n) is 4.60. The highest BCUT2D eigenvalue weighted by Crippen LogP contribution is 2.13. The smallest absolute Gasteiger partial charge is 0.225 e. The van der Waals surface area contributed by atoms with Crippen LogP contribution in [0.4, 0.5) is 5.82 Å². The first-order valence-corrected chi connectivity index (χ1v) is 6.57. The lowest BCUT2D eigenvalue weighted by Crippen LogP contribution is -2.14. The molecule has 2 N–H and O–H groups in total. The minimum absolute atomic E-state index is 0.0159. The number of H-pyrrole nitrogens is 1. The van der Waals surface area contributed by atoms with Gasteiger partial charge < -0.3 is 5.32 Å². The first-order valence-electron chi connectivity index (χ1n) is 6.57. The number of rotatable bonds is 5. The Balaban J connectivity index is 1.90. The molecule has 1 amide bonds. The van der Waals surface area contributed by atoms with E-state index in [4.69, 9.17) is 0 Å². The van der Waals surface area contributed by atoms with Gasteiger partial charge in [-0.05, 0) is 30.9 Å². The van der Waals surface area contributed by atoms with Gasteiger partial charge in [-0.2, -0.15) is 5.10 Å². The summed E-state index contributed by atoms with van der Waals surface area (Å²) >= 11 is 0. The summed E-state index contributed by atoms with van der Waals surface area (Å²) in [6.45, 7) is 4.10. The number of aromatic amines is 1. The SMILES string of the molecule is CCc1cn[nH]c1NC(=O)CCc1ccccc1C. The number of hydrogen-bond acceptors (Lipinski definition) is 2. The molecule has 0 spiro atoms. The summed E-state index contributed by atoms with van der Waals surface area (Å²) in [6.07, 6.45) is 3.84. The molecule has 2 aromatic rings. The van der Waals surface area contributed by atoms with Crippen LogP contribution in [0.1, 0.15) is 30.0 Å². The molecule has 0 saturated carbocycles. The molecule has 1 heterocycles. The topological polar surface area (TPSA) is 57.8 Å². The predicted octanol–water partition coefficient (Wildman–Crippen LogP) is 2.85. The molecule has 1 aromatic carbocycles. The van der Waals surface area contributed by atoms with E-state index in [1.807, 2.05) is 19.1 Å². The lowest BCUT2D eigenvalue weighted by Gasteiger charge is -2.06. The van der Waals surface area contributed by atoms with Crippen molar-refractivity contribution in [3.63, 3.8) is 0 Å². The number of hydrogen-bond donors (Lipinski definition) is 2. The molecule has 0 saturated heterocycles. The monoisotopic (exact) mass is 257 g/mol. The minimum atomic E-state index is 0.0159. The van der Waals surface area contributed by atoms with E-state index in [0.29, 0.717) is 6.42 Å². The molecule has 0 aliphatic heterocycles. The van der Waals surface area contributed by atoms with Gasteiger partial charge in [0.15, 0.2) is 0 Å². The van der Waals surface area contributed by atoms with Crippen LogP contribution in [-0.4, -0.2) is 16.1 Å². The van der Waals surface area contributed by atoms with Crippen LogP contribution in [0.5, 0.6) is 0 Å². The normalized spacial score (nSPS) is 10.4. The Morgan fingerprint density at radius 2 is 2.11 bits per heavy atom. The quantitative estimate of drug-likeness (QED) is 0.865. The zero-order valence-electron chi connectivity index (χ0n) is 11.4. The van der Waals surface area contributed by atoms with Gasteiger partial charge in [-0.25, -0.2) is 0 Å². The van der Waals surface area contributed by atoms with Crippen LogP contribution < -0.4 is 5.32 Å². The maximum atomic E-state index is 11.9. The van der Waals surface area contributed by atoms with Crippen LogP contribution in [0.25, 0.3) is 0 Å². The Morgan fingerprint density at radius 3 is 2.84 bits per heavy atom. The van der Waals surface area contributed by atoms with E-state index in [0.717, 1.165) is 24.2 Å². The fourth-order valence-corrected chi connectivity index (χ4v) is 2.03. The van der Waals surface area contributed by atoms with Crippen LogP contribution in [0.3, 0.4) is 0 Å². The number of benzene rings is 1. The molecule has 1 aromatic heterocycles. The van der Waals surface area contributed by atoms with Crippen molar-refractivity contribution in [1.82, 2.24) is 10.2 Å². The van der Waals surface area contributed by atoms with Crippen molar-refractivity contribution in [2.75, 3.05) is 5.32 Å². The van der Waals surface area contributed by atoms with Gasteiger partial charge in [0.05, 0.1) is 6.20 Å². The van der Waals surface area contributed by atoms with E-state index in [9.17, 15) is 4.79 Å². The van der Waals surface area contributed by atoms with Gasteiger partial charge in [-0.3, -0.25) is 9.89 Å². The van der Waals surface area contributed by atoms with Crippen LogP contribution in [0, 0.1) is 6.92 Å². The van der Waals surface area contributed by atoms with Crippen LogP contribution >= 0.6 is 0 Å². The fraction of sp³-hybridized carbons (Fsp3) is 0.333. The first-order chi connectivity index (χ1) is 9.20.